The van der Waals surface area contributed by atoms with Gasteiger partial charge in [0, 0.05) is 12.2 Å². The molecule has 1 saturated heterocycles. The van der Waals surface area contributed by atoms with Crippen molar-refractivity contribution in [2.75, 3.05) is 18.4 Å². The van der Waals surface area contributed by atoms with Gasteiger partial charge < -0.3 is 10.1 Å². The van der Waals surface area contributed by atoms with E-state index in [-0.39, 0.29) is 11.8 Å². The van der Waals surface area contributed by atoms with E-state index in [1.54, 1.807) is 0 Å². The van der Waals surface area contributed by atoms with Gasteiger partial charge in [0.1, 0.15) is 6.10 Å². The zero-order valence-electron chi connectivity index (χ0n) is 10.7. The number of anilines is 1. The SMILES string of the molecule is O=C(Nc1cccc(C(F)(F)F)c1)OC1CCCNC1. The molecule has 1 aromatic rings. The highest BCUT2D eigenvalue weighted by atomic mass is 19.4. The minimum atomic E-state index is -4.44. The van der Waals surface area contributed by atoms with Gasteiger partial charge in [-0.2, -0.15) is 13.2 Å². The van der Waals surface area contributed by atoms with E-state index >= 15 is 0 Å². The average Bonchev–Trinajstić information content (AvgIpc) is 2.39. The van der Waals surface area contributed by atoms with Crippen LogP contribution in [-0.2, 0) is 10.9 Å². The predicted octanol–water partition coefficient (Wildman–Crippen LogP) is 3.01. The fourth-order valence-electron chi connectivity index (χ4n) is 1.99. The van der Waals surface area contributed by atoms with Crippen LogP contribution in [0, 0.1) is 0 Å². The van der Waals surface area contributed by atoms with Crippen LogP contribution < -0.4 is 10.6 Å². The Bertz CT molecular complexity index is 471. The lowest BCUT2D eigenvalue weighted by molar-refractivity contribution is -0.137. The molecule has 0 saturated carbocycles. The summed E-state index contributed by atoms with van der Waals surface area (Å²) in [7, 11) is 0. The van der Waals surface area contributed by atoms with Gasteiger partial charge in [-0.1, -0.05) is 6.07 Å². The lowest BCUT2D eigenvalue weighted by atomic mass is 10.1. The van der Waals surface area contributed by atoms with Crippen molar-refractivity contribution in [2.24, 2.45) is 0 Å². The number of hydrogen-bond donors (Lipinski definition) is 2. The van der Waals surface area contributed by atoms with Crippen LogP contribution in [0.3, 0.4) is 0 Å². The Labute approximate surface area is 114 Å². The van der Waals surface area contributed by atoms with Crippen LogP contribution in [-0.4, -0.2) is 25.3 Å². The summed E-state index contributed by atoms with van der Waals surface area (Å²) >= 11 is 0. The van der Waals surface area contributed by atoms with Gasteiger partial charge in [0.05, 0.1) is 5.56 Å². The summed E-state index contributed by atoms with van der Waals surface area (Å²) < 4.78 is 42.7. The van der Waals surface area contributed by atoms with Crippen LogP contribution in [0.1, 0.15) is 18.4 Å². The summed E-state index contributed by atoms with van der Waals surface area (Å²) in [4.78, 5) is 11.6. The standard InChI is InChI=1S/C13H15F3N2O2/c14-13(15,16)9-3-1-4-10(7-9)18-12(19)20-11-5-2-6-17-8-11/h1,3-4,7,11,17H,2,5-6,8H2,(H,18,19). The predicted molar refractivity (Wildman–Crippen MR) is 67.4 cm³/mol. The molecule has 1 aromatic carbocycles. The Hall–Kier alpha value is -1.76. The van der Waals surface area contributed by atoms with Crippen molar-refractivity contribution in [1.29, 1.82) is 0 Å². The molecule has 2 N–H and O–H groups in total. The average molecular weight is 288 g/mol. The molecule has 1 aliphatic heterocycles. The second-order valence-electron chi connectivity index (χ2n) is 4.58. The van der Waals surface area contributed by atoms with E-state index in [2.05, 4.69) is 10.6 Å². The maximum atomic E-state index is 12.5. The molecule has 1 unspecified atom stereocenters. The van der Waals surface area contributed by atoms with Crippen molar-refractivity contribution in [3.8, 4) is 0 Å². The summed E-state index contributed by atoms with van der Waals surface area (Å²) in [6, 6.07) is 4.44. The number of piperidine rings is 1. The number of carbonyl (C=O) groups excluding carboxylic acids is 1. The third kappa shape index (κ3) is 4.12. The highest BCUT2D eigenvalue weighted by Gasteiger charge is 2.30. The van der Waals surface area contributed by atoms with E-state index in [0.717, 1.165) is 31.5 Å². The summed E-state index contributed by atoms with van der Waals surface area (Å²) in [6.07, 6.45) is -3.76. The molecule has 2 rings (SSSR count). The number of alkyl halides is 3. The third-order valence-corrected chi connectivity index (χ3v) is 2.96. The van der Waals surface area contributed by atoms with Crippen molar-refractivity contribution >= 4 is 11.8 Å². The first-order valence-corrected chi connectivity index (χ1v) is 6.31. The van der Waals surface area contributed by atoms with E-state index in [1.807, 2.05) is 0 Å². The molecule has 0 spiro atoms. The molecule has 0 bridgehead atoms. The van der Waals surface area contributed by atoms with Crippen molar-refractivity contribution in [3.63, 3.8) is 0 Å². The Morgan fingerprint density at radius 2 is 2.20 bits per heavy atom. The normalized spacial score (nSPS) is 19.4. The van der Waals surface area contributed by atoms with E-state index in [4.69, 9.17) is 4.74 Å². The molecule has 0 aromatic heterocycles. The van der Waals surface area contributed by atoms with Crippen LogP contribution in [0.5, 0.6) is 0 Å². The van der Waals surface area contributed by atoms with Gasteiger partial charge in [0.2, 0.25) is 0 Å². The molecule has 1 heterocycles. The lowest BCUT2D eigenvalue weighted by Gasteiger charge is -2.22. The van der Waals surface area contributed by atoms with Crippen molar-refractivity contribution < 1.29 is 22.7 Å². The maximum Gasteiger partial charge on any atom is 0.416 e. The number of rotatable bonds is 2. The Morgan fingerprint density at radius 1 is 1.40 bits per heavy atom. The molecular weight excluding hydrogens is 273 g/mol. The second kappa shape index (κ2) is 6.13. The molecule has 1 aliphatic rings. The van der Waals surface area contributed by atoms with E-state index < -0.39 is 17.8 Å². The zero-order chi connectivity index (χ0) is 14.6. The number of ether oxygens (including phenoxy) is 1. The first-order valence-electron chi connectivity index (χ1n) is 6.31. The van der Waals surface area contributed by atoms with Crippen LogP contribution >= 0.6 is 0 Å². The first kappa shape index (κ1) is 14.6. The molecule has 20 heavy (non-hydrogen) atoms. The third-order valence-electron chi connectivity index (χ3n) is 2.96. The van der Waals surface area contributed by atoms with Crippen molar-refractivity contribution in [1.82, 2.24) is 5.32 Å². The first-order chi connectivity index (χ1) is 9.45. The molecule has 0 aliphatic carbocycles. The van der Waals surface area contributed by atoms with Gasteiger partial charge in [-0.25, -0.2) is 4.79 Å². The summed E-state index contributed by atoms with van der Waals surface area (Å²) in [5.41, 5.74) is -0.747. The van der Waals surface area contributed by atoms with Crippen LogP contribution in [0.15, 0.2) is 24.3 Å². The summed E-state index contributed by atoms with van der Waals surface area (Å²) in [6.45, 7) is 1.45. The Kier molecular flexibility index (Phi) is 4.49. The largest absolute Gasteiger partial charge is 0.445 e. The monoisotopic (exact) mass is 288 g/mol. The molecular formula is C13H15F3N2O2. The van der Waals surface area contributed by atoms with Gasteiger partial charge in [-0.05, 0) is 37.6 Å². The van der Waals surface area contributed by atoms with E-state index in [9.17, 15) is 18.0 Å². The number of amides is 1. The summed E-state index contributed by atoms with van der Waals surface area (Å²) in [5.74, 6) is 0. The summed E-state index contributed by atoms with van der Waals surface area (Å²) in [5, 5.41) is 5.39. The minimum absolute atomic E-state index is 0.0635. The molecule has 1 fully saturated rings. The quantitative estimate of drug-likeness (QED) is 0.879. The highest BCUT2D eigenvalue weighted by Crippen LogP contribution is 2.30. The second-order valence-corrected chi connectivity index (χ2v) is 4.58. The fourth-order valence-corrected chi connectivity index (χ4v) is 1.99. The fraction of sp³-hybridized carbons (Fsp3) is 0.462. The van der Waals surface area contributed by atoms with Gasteiger partial charge in [0.15, 0.2) is 0 Å². The van der Waals surface area contributed by atoms with Gasteiger partial charge in [-0.15, -0.1) is 0 Å². The van der Waals surface area contributed by atoms with Crippen molar-refractivity contribution in [3.05, 3.63) is 29.8 Å². The maximum absolute atomic E-state index is 12.5. The molecule has 7 heteroatoms. The van der Waals surface area contributed by atoms with Crippen LogP contribution in [0.4, 0.5) is 23.7 Å². The number of benzene rings is 1. The topological polar surface area (TPSA) is 50.4 Å². The smallest absolute Gasteiger partial charge is 0.416 e. The zero-order valence-corrected chi connectivity index (χ0v) is 10.7. The van der Waals surface area contributed by atoms with Gasteiger partial charge in [-0.3, -0.25) is 5.32 Å². The number of halogens is 3. The molecule has 0 radical (unpaired) electrons. The lowest BCUT2D eigenvalue weighted by Crippen LogP contribution is -2.37. The number of hydrogen-bond acceptors (Lipinski definition) is 3. The number of nitrogens with one attached hydrogen (secondary N) is 2. The molecule has 110 valence electrons. The van der Waals surface area contributed by atoms with E-state index in [1.165, 1.54) is 12.1 Å². The Morgan fingerprint density at radius 3 is 2.85 bits per heavy atom. The number of carbonyl (C=O) groups is 1. The molecule has 1 atom stereocenters. The molecule has 4 nitrogen and oxygen atoms in total. The minimum Gasteiger partial charge on any atom is -0.445 e. The van der Waals surface area contributed by atoms with Crippen LogP contribution in [0.25, 0.3) is 0 Å². The van der Waals surface area contributed by atoms with E-state index in [0.29, 0.717) is 6.54 Å². The van der Waals surface area contributed by atoms with Crippen LogP contribution in [0.2, 0.25) is 0 Å². The van der Waals surface area contributed by atoms with Crippen molar-refractivity contribution in [2.45, 2.75) is 25.1 Å². The van der Waals surface area contributed by atoms with Gasteiger partial charge in [0.25, 0.3) is 0 Å². The Balaban J connectivity index is 1.93. The highest BCUT2D eigenvalue weighted by molar-refractivity contribution is 5.84. The van der Waals surface area contributed by atoms with Gasteiger partial charge >= 0.3 is 12.3 Å². The molecule has 1 amide bonds.